The Morgan fingerprint density at radius 3 is 2.44 bits per heavy atom. The van der Waals surface area contributed by atoms with Crippen molar-refractivity contribution < 1.29 is 23.0 Å². The molecule has 0 amide bonds. The standard InChI is InChI=1S/C22H27F3O2/c1-6-27-17(5)22(25)21(24)16(4)15(3)9-7-14(2)8-10-18-11-12-20(26)19(23)13-18/h8,10-15,26H,4-7,9H2,1-3H3/b10-8+,22-21-. The van der Waals surface area contributed by atoms with E-state index in [1.165, 1.54) is 12.1 Å². The molecule has 0 saturated heterocycles. The van der Waals surface area contributed by atoms with Gasteiger partial charge in [0.25, 0.3) is 0 Å². The van der Waals surface area contributed by atoms with E-state index in [-0.39, 0.29) is 35.5 Å². The Kier molecular flexibility index (Phi) is 8.92. The fourth-order valence-electron chi connectivity index (χ4n) is 2.40. The van der Waals surface area contributed by atoms with Gasteiger partial charge in [-0.3, -0.25) is 0 Å². The Bertz CT molecular complexity index is 735. The molecule has 0 aliphatic rings. The summed E-state index contributed by atoms with van der Waals surface area (Å²) in [6.07, 6.45) is 5.00. The van der Waals surface area contributed by atoms with Crippen LogP contribution >= 0.6 is 0 Å². The van der Waals surface area contributed by atoms with Crippen LogP contribution in [0.15, 0.2) is 60.4 Å². The molecule has 0 aromatic heterocycles. The molecule has 2 atom stereocenters. The molecule has 0 saturated carbocycles. The second-order valence-corrected chi connectivity index (χ2v) is 6.54. The Hall–Kier alpha value is -2.43. The molecule has 2 unspecified atom stereocenters. The number of rotatable bonds is 10. The van der Waals surface area contributed by atoms with E-state index < -0.39 is 17.5 Å². The Labute approximate surface area is 159 Å². The van der Waals surface area contributed by atoms with Crippen LogP contribution in [0.25, 0.3) is 6.08 Å². The van der Waals surface area contributed by atoms with Crippen LogP contribution in [0.4, 0.5) is 13.2 Å². The molecule has 0 spiro atoms. The monoisotopic (exact) mass is 380 g/mol. The summed E-state index contributed by atoms with van der Waals surface area (Å²) >= 11 is 0. The van der Waals surface area contributed by atoms with E-state index in [1.54, 1.807) is 26.0 Å². The second kappa shape index (κ2) is 10.7. The van der Waals surface area contributed by atoms with Crippen LogP contribution in [0.2, 0.25) is 0 Å². The molecule has 0 bridgehead atoms. The molecule has 27 heavy (non-hydrogen) atoms. The van der Waals surface area contributed by atoms with E-state index in [0.717, 1.165) is 6.42 Å². The Morgan fingerprint density at radius 2 is 1.85 bits per heavy atom. The van der Waals surface area contributed by atoms with Gasteiger partial charge in [0, 0.05) is 0 Å². The number of benzene rings is 1. The van der Waals surface area contributed by atoms with Crippen LogP contribution in [0.5, 0.6) is 5.75 Å². The molecule has 5 heteroatoms. The minimum atomic E-state index is -1.11. The third-order valence-electron chi connectivity index (χ3n) is 4.28. The number of phenols is 1. The molecule has 1 N–H and O–H groups in total. The Balaban J connectivity index is 2.61. The van der Waals surface area contributed by atoms with E-state index in [2.05, 4.69) is 13.2 Å². The molecule has 0 radical (unpaired) electrons. The average Bonchev–Trinajstić information content (AvgIpc) is 2.65. The number of phenolic OH excluding ortho intramolecular Hbond substituents is 1. The minimum Gasteiger partial charge on any atom is -0.505 e. The van der Waals surface area contributed by atoms with Crippen molar-refractivity contribution in [1.29, 1.82) is 0 Å². The molecule has 0 aliphatic carbocycles. The van der Waals surface area contributed by atoms with Crippen LogP contribution in [-0.4, -0.2) is 11.7 Å². The maximum Gasteiger partial charge on any atom is 0.200 e. The van der Waals surface area contributed by atoms with Crippen LogP contribution in [-0.2, 0) is 4.74 Å². The average molecular weight is 380 g/mol. The summed E-state index contributed by atoms with van der Waals surface area (Å²) < 4.78 is 46.3. The van der Waals surface area contributed by atoms with Crippen molar-refractivity contribution in [3.8, 4) is 5.75 Å². The molecule has 1 rings (SSSR count). The van der Waals surface area contributed by atoms with Gasteiger partial charge in [0.15, 0.2) is 29.0 Å². The number of hydrogen-bond donors (Lipinski definition) is 1. The van der Waals surface area contributed by atoms with E-state index in [4.69, 9.17) is 4.74 Å². The van der Waals surface area contributed by atoms with Crippen molar-refractivity contribution in [2.75, 3.05) is 6.61 Å². The lowest BCUT2D eigenvalue weighted by Crippen LogP contribution is -2.04. The van der Waals surface area contributed by atoms with Crippen LogP contribution < -0.4 is 0 Å². The highest BCUT2D eigenvalue weighted by Gasteiger charge is 2.19. The maximum atomic E-state index is 14.2. The quantitative estimate of drug-likeness (QED) is 0.355. The lowest BCUT2D eigenvalue weighted by Gasteiger charge is -2.16. The zero-order chi connectivity index (χ0) is 20.6. The summed E-state index contributed by atoms with van der Waals surface area (Å²) in [5, 5.41) is 9.18. The highest BCUT2D eigenvalue weighted by Crippen LogP contribution is 2.30. The fraction of sp³-hybridized carbons (Fsp3) is 0.364. The van der Waals surface area contributed by atoms with Gasteiger partial charge in [-0.05, 0) is 54.9 Å². The predicted octanol–water partition coefficient (Wildman–Crippen LogP) is 6.85. The maximum absolute atomic E-state index is 14.2. The first-order valence-electron chi connectivity index (χ1n) is 8.90. The number of allylic oxidation sites excluding steroid dienone is 4. The molecule has 0 fully saturated rings. The van der Waals surface area contributed by atoms with Crippen molar-refractivity contribution in [1.82, 2.24) is 0 Å². The van der Waals surface area contributed by atoms with Gasteiger partial charge in [-0.25, -0.2) is 8.78 Å². The largest absolute Gasteiger partial charge is 0.505 e. The summed E-state index contributed by atoms with van der Waals surface area (Å²) in [5.41, 5.74) is 0.713. The third-order valence-corrected chi connectivity index (χ3v) is 4.28. The summed E-state index contributed by atoms with van der Waals surface area (Å²) in [6, 6.07) is 4.16. The zero-order valence-corrected chi connectivity index (χ0v) is 16.1. The number of ether oxygens (including phenoxy) is 1. The molecule has 0 aliphatic heterocycles. The first kappa shape index (κ1) is 22.6. The van der Waals surface area contributed by atoms with E-state index in [9.17, 15) is 18.3 Å². The second-order valence-electron chi connectivity index (χ2n) is 6.54. The number of aromatic hydroxyl groups is 1. The predicted molar refractivity (Wildman–Crippen MR) is 104 cm³/mol. The van der Waals surface area contributed by atoms with E-state index >= 15 is 0 Å². The van der Waals surface area contributed by atoms with Gasteiger partial charge in [-0.1, -0.05) is 45.2 Å². The molecular formula is C22H27F3O2. The molecular weight excluding hydrogens is 353 g/mol. The molecule has 2 nitrogen and oxygen atoms in total. The van der Waals surface area contributed by atoms with E-state index in [1.807, 2.05) is 13.0 Å². The number of halogens is 3. The van der Waals surface area contributed by atoms with Crippen LogP contribution in [0.3, 0.4) is 0 Å². The highest BCUT2D eigenvalue weighted by atomic mass is 19.2. The van der Waals surface area contributed by atoms with Crippen molar-refractivity contribution in [2.24, 2.45) is 11.8 Å². The summed E-state index contributed by atoms with van der Waals surface area (Å²) in [7, 11) is 0. The molecule has 1 aromatic rings. The van der Waals surface area contributed by atoms with Crippen molar-refractivity contribution >= 4 is 6.08 Å². The Morgan fingerprint density at radius 1 is 1.19 bits per heavy atom. The van der Waals surface area contributed by atoms with Crippen molar-refractivity contribution in [2.45, 2.75) is 33.6 Å². The first-order chi connectivity index (χ1) is 12.7. The first-order valence-corrected chi connectivity index (χ1v) is 8.90. The summed E-state index contributed by atoms with van der Waals surface area (Å²) in [4.78, 5) is 0. The topological polar surface area (TPSA) is 29.5 Å². The molecule has 1 aromatic carbocycles. The lowest BCUT2D eigenvalue weighted by molar-refractivity contribution is 0.223. The van der Waals surface area contributed by atoms with Crippen LogP contribution in [0.1, 0.15) is 39.2 Å². The van der Waals surface area contributed by atoms with Gasteiger partial charge in [0.05, 0.1) is 6.61 Å². The fourth-order valence-corrected chi connectivity index (χ4v) is 2.40. The third kappa shape index (κ3) is 7.00. The molecule has 0 heterocycles. The van der Waals surface area contributed by atoms with Gasteiger partial charge in [-0.2, -0.15) is 4.39 Å². The summed E-state index contributed by atoms with van der Waals surface area (Å²) in [5.74, 6) is -3.64. The van der Waals surface area contributed by atoms with Gasteiger partial charge >= 0.3 is 0 Å². The SMILES string of the molecule is C=C(OCC)/C(F)=C(/F)C(=C)C(C)CCC(C)/C=C/c1ccc(O)c(F)c1. The van der Waals surface area contributed by atoms with Crippen LogP contribution in [0, 0.1) is 17.7 Å². The van der Waals surface area contributed by atoms with Gasteiger partial charge in [0.1, 0.15) is 0 Å². The molecule has 148 valence electrons. The van der Waals surface area contributed by atoms with Crippen molar-refractivity contribution in [3.05, 3.63) is 71.8 Å². The zero-order valence-electron chi connectivity index (χ0n) is 16.1. The van der Waals surface area contributed by atoms with Crippen molar-refractivity contribution in [3.63, 3.8) is 0 Å². The van der Waals surface area contributed by atoms with Gasteiger partial charge < -0.3 is 9.84 Å². The highest BCUT2D eigenvalue weighted by molar-refractivity contribution is 5.51. The normalized spacial score (nSPS) is 14.6. The van der Waals surface area contributed by atoms with Gasteiger partial charge in [-0.15, -0.1) is 0 Å². The minimum absolute atomic E-state index is 0.0742. The lowest BCUT2D eigenvalue weighted by atomic mass is 9.91. The summed E-state index contributed by atoms with van der Waals surface area (Å²) in [6.45, 7) is 12.6. The van der Waals surface area contributed by atoms with E-state index in [0.29, 0.717) is 12.0 Å². The smallest absolute Gasteiger partial charge is 0.200 e. The van der Waals surface area contributed by atoms with Gasteiger partial charge in [0.2, 0.25) is 0 Å². The number of hydrogen-bond acceptors (Lipinski definition) is 2.